The van der Waals surface area contributed by atoms with E-state index in [1.165, 1.54) is 11.6 Å². The molecule has 1 N–H and O–H groups in total. The van der Waals surface area contributed by atoms with Crippen LogP contribution in [0.25, 0.3) is 0 Å². The number of likely N-dealkylation sites (N-methyl/N-ethyl adjacent to an activating group) is 1. The third kappa shape index (κ3) is 2.34. The van der Waals surface area contributed by atoms with Crippen molar-refractivity contribution in [3.05, 3.63) is 59.4 Å². The van der Waals surface area contributed by atoms with Gasteiger partial charge in [-0.15, -0.1) is 0 Å². The van der Waals surface area contributed by atoms with Crippen LogP contribution in [0.3, 0.4) is 0 Å². The van der Waals surface area contributed by atoms with E-state index in [-0.39, 0.29) is 5.82 Å². The van der Waals surface area contributed by atoms with Gasteiger partial charge in [-0.3, -0.25) is 0 Å². The maximum atomic E-state index is 13.4. The largest absolute Gasteiger partial charge is 0.457 e. The van der Waals surface area contributed by atoms with Crippen molar-refractivity contribution in [2.24, 2.45) is 0 Å². The molecule has 0 saturated heterocycles. The van der Waals surface area contributed by atoms with Crippen molar-refractivity contribution in [1.29, 1.82) is 0 Å². The Balaban J connectivity index is 2.09. The highest BCUT2D eigenvalue weighted by molar-refractivity contribution is 5.47. The van der Waals surface area contributed by atoms with E-state index in [9.17, 15) is 4.39 Å². The molecule has 3 heteroatoms. The molecule has 2 aromatic carbocycles. The van der Waals surface area contributed by atoms with Crippen molar-refractivity contribution in [1.82, 2.24) is 5.32 Å². The molecule has 19 heavy (non-hydrogen) atoms. The first-order valence-electron chi connectivity index (χ1n) is 6.47. The van der Waals surface area contributed by atoms with E-state index in [1.807, 2.05) is 25.2 Å². The summed E-state index contributed by atoms with van der Waals surface area (Å²) in [4.78, 5) is 0. The molecule has 0 fully saturated rings. The summed E-state index contributed by atoms with van der Waals surface area (Å²) in [7, 11) is 1.93. The average Bonchev–Trinajstić information content (AvgIpc) is 2.56. The lowest BCUT2D eigenvalue weighted by Crippen LogP contribution is -2.18. The molecule has 1 heterocycles. The van der Waals surface area contributed by atoms with Crippen molar-refractivity contribution in [3.8, 4) is 11.5 Å². The number of benzene rings is 2. The number of fused-ring (bicyclic) bond motifs is 2. The number of hydrogen-bond acceptors (Lipinski definition) is 2. The van der Waals surface area contributed by atoms with Crippen LogP contribution in [0, 0.1) is 5.82 Å². The molecule has 0 saturated carbocycles. The summed E-state index contributed by atoms with van der Waals surface area (Å²) in [6.45, 7) is 0.844. The molecule has 0 radical (unpaired) electrons. The Kier molecular flexibility index (Phi) is 3.22. The molecule has 2 aromatic rings. The van der Waals surface area contributed by atoms with E-state index in [1.54, 1.807) is 12.1 Å². The summed E-state index contributed by atoms with van der Waals surface area (Å²) in [5, 5.41) is 3.20. The van der Waals surface area contributed by atoms with E-state index < -0.39 is 0 Å². The Morgan fingerprint density at radius 2 is 2.05 bits per heavy atom. The maximum absolute atomic E-state index is 13.4. The van der Waals surface area contributed by atoms with E-state index in [0.717, 1.165) is 30.0 Å². The first-order valence-corrected chi connectivity index (χ1v) is 6.47. The monoisotopic (exact) mass is 257 g/mol. The van der Waals surface area contributed by atoms with Gasteiger partial charge in [-0.05, 0) is 48.9 Å². The first kappa shape index (κ1) is 12.2. The summed E-state index contributed by atoms with van der Waals surface area (Å²) < 4.78 is 19.3. The molecule has 0 aliphatic carbocycles. The second kappa shape index (κ2) is 5.02. The van der Waals surface area contributed by atoms with Gasteiger partial charge in [0.1, 0.15) is 17.3 Å². The molecule has 0 bridgehead atoms. The van der Waals surface area contributed by atoms with E-state index in [0.29, 0.717) is 5.92 Å². The fourth-order valence-electron chi connectivity index (χ4n) is 2.64. The first-order chi connectivity index (χ1) is 9.28. The Morgan fingerprint density at radius 1 is 1.21 bits per heavy atom. The minimum Gasteiger partial charge on any atom is -0.457 e. The number of hydrogen-bond donors (Lipinski definition) is 1. The molecule has 1 aliphatic heterocycles. The zero-order chi connectivity index (χ0) is 13.2. The summed E-state index contributed by atoms with van der Waals surface area (Å²) in [5.74, 6) is 1.71. The zero-order valence-corrected chi connectivity index (χ0v) is 10.8. The van der Waals surface area contributed by atoms with Crippen LogP contribution in [0.5, 0.6) is 11.5 Å². The van der Waals surface area contributed by atoms with Crippen LogP contribution in [0.2, 0.25) is 0 Å². The summed E-state index contributed by atoms with van der Waals surface area (Å²) in [6, 6.07) is 12.8. The molecule has 3 rings (SSSR count). The molecule has 0 aromatic heterocycles. The summed E-state index contributed by atoms with van der Waals surface area (Å²) in [5.41, 5.74) is 2.10. The molecular formula is C16H16FNO. The second-order valence-corrected chi connectivity index (χ2v) is 4.85. The third-order valence-electron chi connectivity index (χ3n) is 3.52. The SMILES string of the molecule is CNC[C@@H]1Cc2cc(F)ccc2Oc2ccccc21. The van der Waals surface area contributed by atoms with Crippen LogP contribution in [0.1, 0.15) is 17.0 Å². The Bertz CT molecular complexity index is 597. The van der Waals surface area contributed by atoms with Gasteiger partial charge in [0.05, 0.1) is 0 Å². The molecule has 0 spiro atoms. The molecule has 0 amide bonds. The third-order valence-corrected chi connectivity index (χ3v) is 3.52. The van der Waals surface area contributed by atoms with E-state index in [4.69, 9.17) is 4.74 Å². The molecule has 0 unspecified atom stereocenters. The van der Waals surface area contributed by atoms with Crippen LogP contribution in [0.4, 0.5) is 4.39 Å². The Hall–Kier alpha value is -1.87. The number of ether oxygens (including phenoxy) is 1. The van der Waals surface area contributed by atoms with Gasteiger partial charge in [0.15, 0.2) is 0 Å². The lowest BCUT2D eigenvalue weighted by atomic mass is 9.92. The highest BCUT2D eigenvalue weighted by atomic mass is 19.1. The molecular weight excluding hydrogens is 241 g/mol. The number of rotatable bonds is 2. The number of halogens is 1. The summed E-state index contributed by atoms with van der Waals surface area (Å²) in [6.07, 6.45) is 0.783. The van der Waals surface area contributed by atoms with Gasteiger partial charge in [-0.2, -0.15) is 0 Å². The smallest absolute Gasteiger partial charge is 0.130 e. The molecule has 1 aliphatic rings. The van der Waals surface area contributed by atoms with E-state index in [2.05, 4.69) is 11.4 Å². The van der Waals surface area contributed by atoms with Gasteiger partial charge < -0.3 is 10.1 Å². The van der Waals surface area contributed by atoms with Crippen LogP contribution in [0.15, 0.2) is 42.5 Å². The molecule has 98 valence electrons. The fourth-order valence-corrected chi connectivity index (χ4v) is 2.64. The number of para-hydroxylation sites is 1. The van der Waals surface area contributed by atoms with Crippen molar-refractivity contribution in [2.45, 2.75) is 12.3 Å². The molecule has 1 atom stereocenters. The Morgan fingerprint density at radius 3 is 2.89 bits per heavy atom. The van der Waals surface area contributed by atoms with Gasteiger partial charge in [0, 0.05) is 12.5 Å². The quantitative estimate of drug-likeness (QED) is 0.889. The highest BCUT2D eigenvalue weighted by Gasteiger charge is 2.22. The van der Waals surface area contributed by atoms with Gasteiger partial charge in [-0.25, -0.2) is 4.39 Å². The predicted octanol–water partition coefficient (Wildman–Crippen LogP) is 3.48. The van der Waals surface area contributed by atoms with Crippen molar-refractivity contribution in [2.75, 3.05) is 13.6 Å². The minimum absolute atomic E-state index is 0.212. The van der Waals surface area contributed by atoms with E-state index >= 15 is 0 Å². The van der Waals surface area contributed by atoms with Crippen molar-refractivity contribution < 1.29 is 9.13 Å². The fraction of sp³-hybridized carbons (Fsp3) is 0.250. The van der Waals surface area contributed by atoms with Gasteiger partial charge >= 0.3 is 0 Å². The second-order valence-electron chi connectivity index (χ2n) is 4.85. The standard InChI is InChI=1S/C16H16FNO/c1-18-10-12-8-11-9-13(17)6-7-15(11)19-16-5-3-2-4-14(12)16/h2-7,9,12,18H,8,10H2,1H3/t12-/m0/s1. The summed E-state index contributed by atoms with van der Waals surface area (Å²) >= 11 is 0. The van der Waals surface area contributed by atoms with Gasteiger partial charge in [0.25, 0.3) is 0 Å². The lowest BCUT2D eigenvalue weighted by Gasteiger charge is -2.15. The lowest BCUT2D eigenvalue weighted by molar-refractivity contribution is 0.475. The van der Waals surface area contributed by atoms with Crippen LogP contribution in [-0.2, 0) is 6.42 Å². The molecule has 2 nitrogen and oxygen atoms in total. The minimum atomic E-state index is -0.212. The van der Waals surface area contributed by atoms with Crippen LogP contribution >= 0.6 is 0 Å². The Labute approximate surface area is 112 Å². The van der Waals surface area contributed by atoms with Gasteiger partial charge in [-0.1, -0.05) is 18.2 Å². The normalized spacial score (nSPS) is 17.1. The number of nitrogens with one attached hydrogen (secondary N) is 1. The zero-order valence-electron chi connectivity index (χ0n) is 10.8. The van der Waals surface area contributed by atoms with Gasteiger partial charge in [0.2, 0.25) is 0 Å². The van der Waals surface area contributed by atoms with Crippen molar-refractivity contribution >= 4 is 0 Å². The predicted molar refractivity (Wildman–Crippen MR) is 73.3 cm³/mol. The topological polar surface area (TPSA) is 21.3 Å². The van der Waals surface area contributed by atoms with Crippen molar-refractivity contribution in [3.63, 3.8) is 0 Å². The van der Waals surface area contributed by atoms with Crippen LogP contribution < -0.4 is 10.1 Å². The highest BCUT2D eigenvalue weighted by Crippen LogP contribution is 2.39. The average molecular weight is 257 g/mol. The van der Waals surface area contributed by atoms with Crippen LogP contribution in [-0.4, -0.2) is 13.6 Å². The maximum Gasteiger partial charge on any atom is 0.130 e.